The Hall–Kier alpha value is -3.81. The van der Waals surface area contributed by atoms with Gasteiger partial charge in [0.1, 0.15) is 5.56 Å². The van der Waals surface area contributed by atoms with Crippen LogP contribution in [0, 0.1) is 5.82 Å². The van der Waals surface area contributed by atoms with Gasteiger partial charge in [-0.25, -0.2) is 18.8 Å². The summed E-state index contributed by atoms with van der Waals surface area (Å²) < 4.78 is 35.4. The van der Waals surface area contributed by atoms with E-state index in [0.717, 1.165) is 18.9 Å². The second-order valence-corrected chi connectivity index (χ2v) is 6.28. The predicted molar refractivity (Wildman–Crippen MR) is 94.7 cm³/mol. The average Bonchev–Trinajstić information content (AvgIpc) is 3.48. The summed E-state index contributed by atoms with van der Waals surface area (Å²) in [5.41, 5.74) is -0.830. The molecule has 0 spiro atoms. The van der Waals surface area contributed by atoms with E-state index in [1.165, 1.54) is 31.3 Å². The van der Waals surface area contributed by atoms with Crippen molar-refractivity contribution < 1.29 is 37.5 Å². The van der Waals surface area contributed by atoms with Gasteiger partial charge in [0.15, 0.2) is 23.4 Å². The highest BCUT2D eigenvalue weighted by molar-refractivity contribution is 6.42. The number of fused-ring (bicyclic) bond motifs is 1. The van der Waals surface area contributed by atoms with E-state index in [4.69, 9.17) is 18.7 Å². The molecule has 0 radical (unpaired) electrons. The zero-order chi connectivity index (χ0) is 20.7. The molecular formula is C18H11BFNO8. The molecule has 0 amide bonds. The molecule has 0 N–H and O–H groups in total. The number of ether oxygens (including phenoxy) is 1. The number of methoxy groups -OCH3 is 1. The predicted octanol–water partition coefficient (Wildman–Crippen LogP) is 1.10. The molecule has 2 fully saturated rings. The normalized spacial score (nSPS) is 15.4. The number of hydrogen-bond acceptors (Lipinski definition) is 8. The zero-order valence-electron chi connectivity index (χ0n) is 14.9. The summed E-state index contributed by atoms with van der Waals surface area (Å²) in [5.74, 6) is -0.451. The lowest BCUT2D eigenvalue weighted by Gasteiger charge is -2.15. The summed E-state index contributed by atoms with van der Waals surface area (Å²) in [6.07, 6.45) is 2.82. The second-order valence-electron chi connectivity index (χ2n) is 6.28. The molecule has 2 heterocycles. The SMILES string of the molecule is COc1c(F)ccc2c(=O)c(C(=O)OB3OC(=C=O)C(=C=O)O3)cn(C3CC3)c12. The summed E-state index contributed by atoms with van der Waals surface area (Å²) >= 11 is 0. The van der Waals surface area contributed by atoms with Gasteiger partial charge in [-0.05, 0) is 25.0 Å². The number of rotatable bonds is 4. The Morgan fingerprint density at radius 3 is 2.45 bits per heavy atom. The van der Waals surface area contributed by atoms with E-state index in [1.807, 2.05) is 0 Å². The number of benzene rings is 1. The van der Waals surface area contributed by atoms with Crippen molar-refractivity contribution in [2.24, 2.45) is 0 Å². The summed E-state index contributed by atoms with van der Waals surface area (Å²) in [7, 11) is -0.463. The van der Waals surface area contributed by atoms with Crippen molar-refractivity contribution in [2.45, 2.75) is 18.9 Å². The van der Waals surface area contributed by atoms with Gasteiger partial charge in [0.2, 0.25) is 16.9 Å². The van der Waals surface area contributed by atoms with Crippen molar-refractivity contribution in [3.63, 3.8) is 0 Å². The highest BCUT2D eigenvalue weighted by Crippen LogP contribution is 2.40. The van der Waals surface area contributed by atoms with Gasteiger partial charge in [0, 0.05) is 12.2 Å². The lowest BCUT2D eigenvalue weighted by atomic mass is 10.1. The van der Waals surface area contributed by atoms with Crippen LogP contribution < -0.4 is 10.2 Å². The number of pyridine rings is 1. The van der Waals surface area contributed by atoms with Crippen molar-refractivity contribution >= 4 is 36.1 Å². The maximum atomic E-state index is 14.2. The molecular weight excluding hydrogens is 388 g/mol. The van der Waals surface area contributed by atoms with Gasteiger partial charge < -0.3 is 23.3 Å². The molecule has 4 rings (SSSR count). The van der Waals surface area contributed by atoms with Gasteiger partial charge in [0.25, 0.3) is 0 Å². The van der Waals surface area contributed by atoms with Crippen LogP contribution in [0.4, 0.5) is 4.39 Å². The Kier molecular flexibility index (Phi) is 4.46. The van der Waals surface area contributed by atoms with E-state index in [2.05, 4.69) is 0 Å². The summed E-state index contributed by atoms with van der Waals surface area (Å²) in [4.78, 5) is 46.8. The summed E-state index contributed by atoms with van der Waals surface area (Å²) in [6.45, 7) is 0. The number of aromatic nitrogens is 1. The standard InChI is InChI=1S/C18H11BFNO8/c1-26-17-12(20)5-4-10-15(17)21(9-2-3-9)6-11(16(10)24)18(25)29-19-27-13(7-22)14(8-23)28-19/h4-6,9H,2-3H2,1H3. The van der Waals surface area contributed by atoms with Gasteiger partial charge in [0.05, 0.1) is 18.0 Å². The lowest BCUT2D eigenvalue weighted by Crippen LogP contribution is -2.28. The lowest BCUT2D eigenvalue weighted by molar-refractivity contribution is 0.0653. The van der Waals surface area contributed by atoms with E-state index in [-0.39, 0.29) is 28.3 Å². The van der Waals surface area contributed by atoms with Crippen LogP contribution >= 0.6 is 0 Å². The number of nitrogens with zero attached hydrogens (tertiary/aromatic N) is 1. The fraction of sp³-hybridized carbons (Fsp3) is 0.222. The van der Waals surface area contributed by atoms with Crippen LogP contribution in [-0.2, 0) is 23.6 Å². The third-order valence-electron chi connectivity index (χ3n) is 4.49. The Labute approximate surface area is 162 Å². The van der Waals surface area contributed by atoms with Crippen molar-refractivity contribution in [3.8, 4) is 5.75 Å². The largest absolute Gasteiger partial charge is 0.867 e. The third-order valence-corrected chi connectivity index (χ3v) is 4.49. The number of halogens is 1. The minimum Gasteiger partial charge on any atom is -0.492 e. The van der Waals surface area contributed by atoms with Crippen molar-refractivity contribution in [1.29, 1.82) is 0 Å². The van der Waals surface area contributed by atoms with Crippen molar-refractivity contribution in [3.05, 3.63) is 51.5 Å². The third kappa shape index (κ3) is 3.08. The first-order valence-corrected chi connectivity index (χ1v) is 8.44. The van der Waals surface area contributed by atoms with E-state index in [9.17, 15) is 23.6 Å². The molecule has 1 aromatic carbocycles. The fourth-order valence-corrected chi connectivity index (χ4v) is 3.04. The molecule has 1 aliphatic heterocycles. The summed E-state index contributed by atoms with van der Waals surface area (Å²) in [6, 6.07) is 2.29. The molecule has 1 saturated carbocycles. The Bertz CT molecular complexity index is 1180. The molecule has 9 nitrogen and oxygen atoms in total. The van der Waals surface area contributed by atoms with Crippen LogP contribution in [-0.4, -0.2) is 36.9 Å². The van der Waals surface area contributed by atoms with Gasteiger partial charge in [-0.15, -0.1) is 0 Å². The van der Waals surface area contributed by atoms with Crippen LogP contribution in [0.5, 0.6) is 5.75 Å². The molecule has 1 aliphatic carbocycles. The first kappa shape index (κ1) is 18.6. The first-order valence-electron chi connectivity index (χ1n) is 8.44. The Balaban J connectivity index is 1.77. The van der Waals surface area contributed by atoms with Gasteiger partial charge >= 0.3 is 13.3 Å². The van der Waals surface area contributed by atoms with Crippen molar-refractivity contribution in [1.82, 2.24) is 4.57 Å². The van der Waals surface area contributed by atoms with E-state index in [0.29, 0.717) is 0 Å². The van der Waals surface area contributed by atoms with Gasteiger partial charge in [-0.1, -0.05) is 0 Å². The quantitative estimate of drug-likeness (QED) is 0.556. The minimum absolute atomic E-state index is 0.0338. The van der Waals surface area contributed by atoms with Crippen LogP contribution in [0.3, 0.4) is 0 Å². The van der Waals surface area contributed by atoms with Crippen LogP contribution in [0.15, 0.2) is 34.6 Å². The Morgan fingerprint density at radius 1 is 1.24 bits per heavy atom. The second kappa shape index (κ2) is 6.98. The smallest absolute Gasteiger partial charge is 0.492 e. The molecule has 0 bridgehead atoms. The minimum atomic E-state index is -1.75. The first-order chi connectivity index (χ1) is 14.0. The molecule has 29 heavy (non-hydrogen) atoms. The molecule has 146 valence electrons. The van der Waals surface area contributed by atoms with E-state index in [1.54, 1.807) is 4.57 Å². The average molecular weight is 399 g/mol. The van der Waals surface area contributed by atoms with Crippen LogP contribution in [0.25, 0.3) is 10.9 Å². The van der Waals surface area contributed by atoms with Gasteiger partial charge in [-0.3, -0.25) is 4.79 Å². The number of carbonyl (C=O) groups excluding carboxylic acids is 3. The molecule has 0 atom stereocenters. The number of hydrogen-bond donors (Lipinski definition) is 0. The maximum absolute atomic E-state index is 14.2. The maximum Gasteiger partial charge on any atom is 0.867 e. The van der Waals surface area contributed by atoms with Crippen LogP contribution in [0.1, 0.15) is 29.2 Å². The molecule has 1 saturated heterocycles. The highest BCUT2D eigenvalue weighted by atomic mass is 19.1. The van der Waals surface area contributed by atoms with Gasteiger partial charge in [-0.2, -0.15) is 0 Å². The zero-order valence-corrected chi connectivity index (χ0v) is 14.9. The Morgan fingerprint density at radius 2 is 1.90 bits per heavy atom. The molecule has 2 aliphatic rings. The highest BCUT2D eigenvalue weighted by Gasteiger charge is 2.44. The topological polar surface area (TPSA) is 110 Å². The van der Waals surface area contributed by atoms with E-state index < -0.39 is 36.1 Å². The summed E-state index contributed by atoms with van der Waals surface area (Å²) in [5, 5.41) is 0.0693. The number of carbonyl (C=O) groups is 1. The molecule has 0 unspecified atom stereocenters. The van der Waals surface area contributed by atoms with Crippen molar-refractivity contribution in [2.75, 3.05) is 7.11 Å². The van der Waals surface area contributed by atoms with E-state index >= 15 is 0 Å². The van der Waals surface area contributed by atoms with Crippen LogP contribution in [0.2, 0.25) is 0 Å². The molecule has 11 heteroatoms. The molecule has 1 aromatic heterocycles. The fourth-order valence-electron chi connectivity index (χ4n) is 3.04. The molecule has 2 aromatic rings. The monoisotopic (exact) mass is 399 g/mol.